The maximum absolute atomic E-state index is 11.3. The van der Waals surface area contributed by atoms with Crippen LogP contribution < -0.4 is 5.32 Å². The Bertz CT molecular complexity index is 396. The molecule has 0 aromatic carbocycles. The van der Waals surface area contributed by atoms with E-state index in [4.69, 9.17) is 0 Å². The molecule has 4 aliphatic rings. The maximum Gasteiger partial charge on any atom is 0.173 e. The van der Waals surface area contributed by atoms with Crippen molar-refractivity contribution < 1.29 is 8.42 Å². The fourth-order valence-corrected chi connectivity index (χ4v) is 4.36. The molecule has 0 aromatic heterocycles. The molecule has 4 heterocycles. The number of piperidine rings is 3. The summed E-state index contributed by atoms with van der Waals surface area (Å²) < 4.78 is 22.6. The Balaban J connectivity index is 1.62. The van der Waals surface area contributed by atoms with E-state index in [-0.39, 0.29) is 11.8 Å². The highest BCUT2D eigenvalue weighted by Crippen LogP contribution is 2.28. The van der Waals surface area contributed by atoms with Crippen molar-refractivity contribution in [1.29, 1.82) is 0 Å². The van der Waals surface area contributed by atoms with Crippen molar-refractivity contribution in [3.8, 4) is 0 Å². The lowest BCUT2D eigenvalue weighted by atomic mass is 9.84. The molecule has 1 N–H and O–H groups in total. The van der Waals surface area contributed by atoms with E-state index in [0.717, 1.165) is 12.5 Å². The van der Waals surface area contributed by atoms with Crippen LogP contribution in [0.25, 0.3) is 0 Å². The third-order valence-corrected chi connectivity index (χ3v) is 5.41. The SMILES string of the molecule is O=S1(=O)C=CC(NC2CN3CCC2CC3)C1. The monoisotopic (exact) mass is 242 g/mol. The number of fused-ring (bicyclic) bond motifs is 3. The summed E-state index contributed by atoms with van der Waals surface area (Å²) in [7, 11) is -2.92. The van der Waals surface area contributed by atoms with Crippen molar-refractivity contribution >= 4 is 9.84 Å². The van der Waals surface area contributed by atoms with Crippen molar-refractivity contribution in [3.05, 3.63) is 11.5 Å². The van der Waals surface area contributed by atoms with Crippen LogP contribution in [0.1, 0.15) is 12.8 Å². The van der Waals surface area contributed by atoms with E-state index in [1.165, 1.54) is 31.3 Å². The van der Waals surface area contributed by atoms with Gasteiger partial charge < -0.3 is 10.2 Å². The molecular formula is C11H18N2O2S. The Kier molecular flexibility index (Phi) is 2.57. The molecule has 2 unspecified atom stereocenters. The third-order valence-electron chi connectivity index (χ3n) is 4.01. The number of nitrogens with one attached hydrogen (secondary N) is 1. The lowest BCUT2D eigenvalue weighted by Gasteiger charge is -2.45. The maximum atomic E-state index is 11.3. The van der Waals surface area contributed by atoms with E-state index >= 15 is 0 Å². The predicted octanol–water partition coefficient (Wildman–Crippen LogP) is -0.0191. The Morgan fingerprint density at radius 1 is 1.25 bits per heavy atom. The lowest BCUT2D eigenvalue weighted by Crippen LogP contribution is -2.58. The average Bonchev–Trinajstić information content (AvgIpc) is 2.60. The molecule has 2 atom stereocenters. The van der Waals surface area contributed by atoms with E-state index < -0.39 is 9.84 Å². The minimum Gasteiger partial charge on any atom is -0.305 e. The molecule has 0 radical (unpaired) electrons. The number of sulfone groups is 1. The van der Waals surface area contributed by atoms with Gasteiger partial charge in [-0.1, -0.05) is 6.08 Å². The molecule has 3 fully saturated rings. The molecule has 0 aliphatic carbocycles. The van der Waals surface area contributed by atoms with E-state index in [2.05, 4.69) is 10.2 Å². The minimum atomic E-state index is -2.92. The first-order chi connectivity index (χ1) is 7.62. The van der Waals surface area contributed by atoms with Gasteiger partial charge in [0.2, 0.25) is 0 Å². The van der Waals surface area contributed by atoms with Crippen LogP contribution in [0.3, 0.4) is 0 Å². The highest BCUT2D eigenvalue weighted by atomic mass is 32.2. The second-order valence-electron chi connectivity index (χ2n) is 5.18. The van der Waals surface area contributed by atoms with Gasteiger partial charge >= 0.3 is 0 Å². The van der Waals surface area contributed by atoms with Crippen LogP contribution in [-0.4, -0.2) is 50.8 Å². The second kappa shape index (κ2) is 3.82. The van der Waals surface area contributed by atoms with Crippen molar-refractivity contribution in [2.24, 2.45) is 5.92 Å². The highest BCUT2D eigenvalue weighted by molar-refractivity contribution is 7.94. The van der Waals surface area contributed by atoms with Crippen LogP contribution in [0.4, 0.5) is 0 Å². The molecule has 90 valence electrons. The molecule has 4 aliphatic heterocycles. The summed E-state index contributed by atoms with van der Waals surface area (Å²) in [6.45, 7) is 3.54. The molecule has 4 rings (SSSR count). The summed E-state index contributed by atoms with van der Waals surface area (Å²) >= 11 is 0. The second-order valence-corrected chi connectivity index (χ2v) is 7.11. The molecular weight excluding hydrogens is 224 g/mol. The van der Waals surface area contributed by atoms with Gasteiger partial charge in [-0.3, -0.25) is 0 Å². The van der Waals surface area contributed by atoms with Crippen molar-refractivity contribution in [2.45, 2.75) is 24.9 Å². The van der Waals surface area contributed by atoms with E-state index in [1.54, 1.807) is 6.08 Å². The first-order valence-electron chi connectivity index (χ1n) is 6.02. The number of hydrogen-bond donors (Lipinski definition) is 1. The normalized spacial score (nSPS) is 45.0. The number of nitrogens with zero attached hydrogens (tertiary/aromatic N) is 1. The average molecular weight is 242 g/mol. The summed E-state index contributed by atoms with van der Waals surface area (Å²) in [6.07, 6.45) is 4.33. The molecule has 16 heavy (non-hydrogen) atoms. The fourth-order valence-electron chi connectivity index (χ4n) is 3.11. The van der Waals surface area contributed by atoms with Gasteiger partial charge in [-0.25, -0.2) is 8.42 Å². The summed E-state index contributed by atoms with van der Waals surface area (Å²) in [5.74, 6) is 0.998. The zero-order valence-electron chi connectivity index (χ0n) is 9.30. The van der Waals surface area contributed by atoms with Gasteiger partial charge in [-0.05, 0) is 31.8 Å². The van der Waals surface area contributed by atoms with E-state index in [1.807, 2.05) is 0 Å². The molecule has 4 nitrogen and oxygen atoms in total. The Hall–Kier alpha value is -0.390. The van der Waals surface area contributed by atoms with Gasteiger partial charge in [0.15, 0.2) is 9.84 Å². The van der Waals surface area contributed by atoms with Gasteiger partial charge in [0, 0.05) is 24.0 Å². The van der Waals surface area contributed by atoms with Crippen LogP contribution in [0.2, 0.25) is 0 Å². The molecule has 0 aromatic rings. The smallest absolute Gasteiger partial charge is 0.173 e. The van der Waals surface area contributed by atoms with Crippen LogP contribution >= 0.6 is 0 Å². The fraction of sp³-hybridized carbons (Fsp3) is 0.818. The van der Waals surface area contributed by atoms with Crippen LogP contribution in [0.5, 0.6) is 0 Å². The van der Waals surface area contributed by atoms with Crippen LogP contribution in [0.15, 0.2) is 11.5 Å². The summed E-state index contributed by atoms with van der Waals surface area (Å²) in [6, 6.07) is 0.529. The van der Waals surface area contributed by atoms with Crippen LogP contribution in [-0.2, 0) is 9.84 Å². The molecule has 2 bridgehead atoms. The number of hydrogen-bond acceptors (Lipinski definition) is 4. The Morgan fingerprint density at radius 2 is 2.00 bits per heavy atom. The number of rotatable bonds is 2. The Morgan fingerprint density at radius 3 is 2.50 bits per heavy atom. The zero-order valence-corrected chi connectivity index (χ0v) is 10.1. The summed E-state index contributed by atoms with van der Waals surface area (Å²) in [5, 5.41) is 4.85. The van der Waals surface area contributed by atoms with Crippen molar-refractivity contribution in [2.75, 3.05) is 25.4 Å². The highest BCUT2D eigenvalue weighted by Gasteiger charge is 2.35. The van der Waals surface area contributed by atoms with Gasteiger partial charge in [0.25, 0.3) is 0 Å². The van der Waals surface area contributed by atoms with E-state index in [0.29, 0.717) is 6.04 Å². The van der Waals surface area contributed by atoms with Crippen molar-refractivity contribution in [3.63, 3.8) is 0 Å². The van der Waals surface area contributed by atoms with Crippen LogP contribution in [0, 0.1) is 5.92 Å². The van der Waals surface area contributed by atoms with Gasteiger partial charge in [-0.2, -0.15) is 0 Å². The third kappa shape index (κ3) is 2.04. The topological polar surface area (TPSA) is 49.4 Å². The summed E-state index contributed by atoms with van der Waals surface area (Å²) in [5.41, 5.74) is 0. The lowest BCUT2D eigenvalue weighted by molar-refractivity contribution is 0.0707. The first-order valence-corrected chi connectivity index (χ1v) is 7.73. The molecule has 5 heteroatoms. The molecule has 0 spiro atoms. The van der Waals surface area contributed by atoms with Gasteiger partial charge in [-0.15, -0.1) is 0 Å². The molecule has 0 saturated carbocycles. The molecule has 3 saturated heterocycles. The molecule has 0 amide bonds. The zero-order chi connectivity index (χ0) is 11.2. The largest absolute Gasteiger partial charge is 0.305 e. The van der Waals surface area contributed by atoms with Crippen molar-refractivity contribution in [1.82, 2.24) is 10.2 Å². The quantitative estimate of drug-likeness (QED) is 0.739. The van der Waals surface area contributed by atoms with Gasteiger partial charge in [0.1, 0.15) is 0 Å². The standard InChI is InChI=1S/C11H18N2O2S/c14-16(15)6-3-10(8-16)12-11-7-13-4-1-9(11)2-5-13/h3,6,9-12H,1-2,4-5,7-8H2. The van der Waals surface area contributed by atoms with E-state index in [9.17, 15) is 8.42 Å². The Labute approximate surface area is 96.6 Å². The predicted molar refractivity (Wildman–Crippen MR) is 62.8 cm³/mol. The first kappa shape index (κ1) is 10.7. The van der Waals surface area contributed by atoms with Gasteiger partial charge in [0.05, 0.1) is 5.75 Å². The minimum absolute atomic E-state index is 0.0375. The summed E-state index contributed by atoms with van der Waals surface area (Å²) in [4.78, 5) is 2.48.